The van der Waals surface area contributed by atoms with E-state index in [1.54, 1.807) is 25.7 Å². The number of rotatable bonds is 2. The number of nitrogens with zero attached hydrogens (tertiary/aromatic N) is 1. The van der Waals surface area contributed by atoms with Gasteiger partial charge in [-0.3, -0.25) is 4.90 Å². The highest BCUT2D eigenvalue weighted by molar-refractivity contribution is 5.00. The zero-order chi connectivity index (χ0) is 12.9. The molecule has 2 bridgehead atoms. The fourth-order valence-corrected chi connectivity index (χ4v) is 5.39. The second kappa shape index (κ2) is 4.81. The van der Waals surface area contributed by atoms with Crippen LogP contribution in [0.5, 0.6) is 0 Å². The van der Waals surface area contributed by atoms with Gasteiger partial charge in [0.15, 0.2) is 0 Å². The highest BCUT2D eigenvalue weighted by Crippen LogP contribution is 2.53. The Morgan fingerprint density at radius 3 is 1.89 bits per heavy atom. The van der Waals surface area contributed by atoms with Crippen molar-refractivity contribution in [2.75, 3.05) is 6.54 Å². The van der Waals surface area contributed by atoms with Gasteiger partial charge in [-0.05, 0) is 75.5 Å². The fourth-order valence-electron chi connectivity index (χ4n) is 5.39. The third kappa shape index (κ3) is 2.03. The minimum Gasteiger partial charge on any atom is -0.297 e. The maximum atomic E-state index is 2.84. The summed E-state index contributed by atoms with van der Waals surface area (Å²) in [5.41, 5.74) is 0. The molecule has 3 aliphatic carbocycles. The van der Waals surface area contributed by atoms with Crippen LogP contribution in [0.4, 0.5) is 0 Å². The van der Waals surface area contributed by atoms with Crippen LogP contribution in [-0.2, 0) is 0 Å². The molecule has 1 heterocycles. The first-order valence-electron chi connectivity index (χ1n) is 8.33. The van der Waals surface area contributed by atoms with Crippen LogP contribution in [0.2, 0.25) is 0 Å². The van der Waals surface area contributed by atoms with Gasteiger partial charge in [0.25, 0.3) is 0 Å². The van der Waals surface area contributed by atoms with Gasteiger partial charge in [0.05, 0.1) is 0 Å². The van der Waals surface area contributed by atoms with Crippen molar-refractivity contribution >= 4 is 0 Å². The molecule has 1 nitrogen and oxygen atoms in total. The number of hydrogen-bond donors (Lipinski definition) is 0. The van der Waals surface area contributed by atoms with Crippen LogP contribution in [0.25, 0.3) is 0 Å². The van der Waals surface area contributed by atoms with E-state index in [2.05, 4.69) is 32.6 Å². The Bertz CT molecular complexity index is 254. The molecule has 4 fully saturated rings. The van der Waals surface area contributed by atoms with E-state index in [4.69, 9.17) is 0 Å². The Morgan fingerprint density at radius 1 is 0.833 bits per heavy atom. The van der Waals surface area contributed by atoms with Crippen LogP contribution in [0.15, 0.2) is 0 Å². The normalized spacial score (nSPS) is 44.7. The molecular weight excluding hydrogens is 218 g/mol. The monoisotopic (exact) mass is 249 g/mol. The highest BCUT2D eigenvalue weighted by atomic mass is 15.2. The maximum Gasteiger partial charge on any atom is 0.0124 e. The lowest BCUT2D eigenvalue weighted by atomic mass is 9.55. The molecule has 0 aromatic carbocycles. The largest absolute Gasteiger partial charge is 0.297 e. The smallest absolute Gasteiger partial charge is 0.0124 e. The van der Waals surface area contributed by atoms with Gasteiger partial charge < -0.3 is 0 Å². The van der Waals surface area contributed by atoms with Gasteiger partial charge in [-0.15, -0.1) is 0 Å². The number of hydrogen-bond acceptors (Lipinski definition) is 1. The van der Waals surface area contributed by atoms with Gasteiger partial charge in [0.1, 0.15) is 0 Å². The molecule has 104 valence electrons. The summed E-state index contributed by atoms with van der Waals surface area (Å²) in [6.45, 7) is 11.1. The van der Waals surface area contributed by atoms with Gasteiger partial charge in [-0.1, -0.05) is 13.8 Å². The van der Waals surface area contributed by atoms with E-state index in [0.29, 0.717) is 0 Å². The number of piperidine rings is 1. The fraction of sp³-hybridized carbons (Fsp3) is 1.00. The Hall–Kier alpha value is -0.0400. The Morgan fingerprint density at radius 2 is 1.39 bits per heavy atom. The molecule has 0 N–H and O–H groups in total. The average Bonchev–Trinajstić information content (AvgIpc) is 2.38. The van der Waals surface area contributed by atoms with Crippen molar-refractivity contribution in [1.29, 1.82) is 0 Å². The van der Waals surface area contributed by atoms with Gasteiger partial charge in [0, 0.05) is 18.6 Å². The summed E-state index contributed by atoms with van der Waals surface area (Å²) < 4.78 is 0. The highest BCUT2D eigenvalue weighted by Gasteiger charge is 2.48. The lowest BCUT2D eigenvalue weighted by Crippen LogP contribution is -2.57. The van der Waals surface area contributed by atoms with Crippen molar-refractivity contribution < 1.29 is 0 Å². The zero-order valence-corrected chi connectivity index (χ0v) is 12.7. The summed E-state index contributed by atoms with van der Waals surface area (Å²) >= 11 is 0. The lowest BCUT2D eigenvalue weighted by Gasteiger charge is -2.57. The zero-order valence-electron chi connectivity index (χ0n) is 12.7. The first kappa shape index (κ1) is 13.0. The van der Waals surface area contributed by atoms with Crippen molar-refractivity contribution in [3.8, 4) is 0 Å². The average molecular weight is 249 g/mol. The van der Waals surface area contributed by atoms with E-state index in [0.717, 1.165) is 41.7 Å². The molecule has 4 rings (SSSR count). The predicted octanol–water partition coefficient (Wildman–Crippen LogP) is 4.18. The summed E-state index contributed by atoms with van der Waals surface area (Å²) in [6, 6.07) is 1.59. The van der Waals surface area contributed by atoms with Crippen LogP contribution >= 0.6 is 0 Å². The first-order valence-corrected chi connectivity index (χ1v) is 8.33. The van der Waals surface area contributed by atoms with Crippen LogP contribution in [0, 0.1) is 29.6 Å². The van der Waals surface area contributed by atoms with E-state index in [9.17, 15) is 0 Å². The molecule has 3 atom stereocenters. The molecular formula is C17H31N. The number of likely N-dealkylation sites (tertiary alicyclic amines) is 1. The summed E-state index contributed by atoms with van der Waals surface area (Å²) in [5, 5.41) is 0. The molecule has 0 radical (unpaired) electrons. The first-order chi connectivity index (χ1) is 8.58. The molecule has 0 spiro atoms. The summed E-state index contributed by atoms with van der Waals surface area (Å²) in [4.78, 5) is 2.84. The van der Waals surface area contributed by atoms with Crippen molar-refractivity contribution in [3.05, 3.63) is 0 Å². The third-order valence-electron chi connectivity index (χ3n) is 6.37. The van der Waals surface area contributed by atoms with E-state index in [1.807, 2.05) is 0 Å². The lowest BCUT2D eigenvalue weighted by molar-refractivity contribution is -0.0770. The van der Waals surface area contributed by atoms with Crippen molar-refractivity contribution in [2.45, 2.75) is 71.9 Å². The SMILES string of the molecule is CC(C)C1CC2C3CCC(CC3)C2CN1C(C)C. The topological polar surface area (TPSA) is 3.24 Å². The Kier molecular flexibility index (Phi) is 3.47. The van der Waals surface area contributed by atoms with Gasteiger partial charge in [0.2, 0.25) is 0 Å². The van der Waals surface area contributed by atoms with Gasteiger partial charge >= 0.3 is 0 Å². The maximum absolute atomic E-state index is 2.84. The molecule has 3 saturated carbocycles. The third-order valence-corrected chi connectivity index (χ3v) is 6.37. The van der Waals surface area contributed by atoms with E-state index in [-0.39, 0.29) is 0 Å². The van der Waals surface area contributed by atoms with Crippen LogP contribution in [-0.4, -0.2) is 23.5 Å². The van der Waals surface area contributed by atoms with Crippen molar-refractivity contribution in [1.82, 2.24) is 4.90 Å². The van der Waals surface area contributed by atoms with Crippen LogP contribution < -0.4 is 0 Å². The Balaban J connectivity index is 1.80. The van der Waals surface area contributed by atoms with E-state index in [1.165, 1.54) is 13.0 Å². The molecule has 1 aliphatic heterocycles. The predicted molar refractivity (Wildman–Crippen MR) is 77.5 cm³/mol. The van der Waals surface area contributed by atoms with Crippen LogP contribution in [0.3, 0.4) is 0 Å². The summed E-state index contributed by atoms with van der Waals surface area (Å²) in [5.74, 6) is 5.13. The van der Waals surface area contributed by atoms with Crippen LogP contribution in [0.1, 0.15) is 59.8 Å². The standard InChI is InChI=1S/C17H31N/c1-11(2)17-9-15-13-5-7-14(8-6-13)16(15)10-18(17)12(3)4/h11-17H,5-10H2,1-4H3. The second-order valence-electron chi connectivity index (χ2n) is 7.84. The molecule has 4 aliphatic rings. The second-order valence-corrected chi connectivity index (χ2v) is 7.84. The minimum atomic E-state index is 0.735. The molecule has 1 saturated heterocycles. The summed E-state index contributed by atoms with van der Waals surface area (Å²) in [7, 11) is 0. The minimum absolute atomic E-state index is 0.735. The molecule has 0 aromatic heterocycles. The van der Waals surface area contributed by atoms with Crippen molar-refractivity contribution in [3.63, 3.8) is 0 Å². The molecule has 1 heteroatoms. The molecule has 18 heavy (non-hydrogen) atoms. The van der Waals surface area contributed by atoms with Crippen molar-refractivity contribution in [2.24, 2.45) is 29.6 Å². The molecule has 0 amide bonds. The van der Waals surface area contributed by atoms with Gasteiger partial charge in [-0.2, -0.15) is 0 Å². The van der Waals surface area contributed by atoms with E-state index >= 15 is 0 Å². The quantitative estimate of drug-likeness (QED) is 0.709. The molecule has 0 aromatic rings. The number of fused-ring (bicyclic) bond motifs is 2. The molecule has 3 unspecified atom stereocenters. The Labute approximate surface area is 113 Å². The van der Waals surface area contributed by atoms with Gasteiger partial charge in [-0.25, -0.2) is 0 Å². The summed E-state index contributed by atoms with van der Waals surface area (Å²) in [6.07, 6.45) is 7.70. The van der Waals surface area contributed by atoms with E-state index < -0.39 is 0 Å².